The van der Waals surface area contributed by atoms with Crippen LogP contribution in [0.25, 0.3) is 0 Å². The van der Waals surface area contributed by atoms with Crippen LogP contribution in [0, 0.1) is 6.92 Å². The van der Waals surface area contributed by atoms with Crippen molar-refractivity contribution in [3.8, 4) is 0 Å². The highest BCUT2D eigenvalue weighted by Gasteiger charge is 2.09. The lowest BCUT2D eigenvalue weighted by Crippen LogP contribution is -2.29. The molecule has 3 nitrogen and oxygen atoms in total. The van der Waals surface area contributed by atoms with E-state index in [1.807, 2.05) is 43.3 Å². The largest absolute Gasteiger partial charge is 0.488 e. The number of aryl methyl sites for hydroxylation is 1. The second-order valence-corrected chi connectivity index (χ2v) is 3.99. The van der Waals surface area contributed by atoms with Crippen molar-refractivity contribution in [3.63, 3.8) is 0 Å². The quantitative estimate of drug-likeness (QED) is 0.695. The zero-order valence-corrected chi connectivity index (χ0v) is 9.59. The maximum absolute atomic E-state index is 8.97. The van der Waals surface area contributed by atoms with E-state index >= 15 is 0 Å². The van der Waals surface area contributed by atoms with Crippen molar-refractivity contribution in [3.05, 3.63) is 54.1 Å². The van der Waals surface area contributed by atoms with Crippen molar-refractivity contribution in [2.24, 2.45) is 0 Å². The van der Waals surface area contributed by atoms with Gasteiger partial charge in [0.1, 0.15) is 0 Å². The molecule has 3 N–H and O–H groups in total. The molecule has 2 aromatic carbocycles. The van der Waals surface area contributed by atoms with Crippen molar-refractivity contribution >= 4 is 24.0 Å². The predicted molar refractivity (Wildman–Crippen MR) is 70.7 cm³/mol. The average Bonchev–Trinajstić information content (AvgIpc) is 2.33. The van der Waals surface area contributed by atoms with Gasteiger partial charge in [0.15, 0.2) is 0 Å². The molecule has 0 aromatic heterocycles. The molecule has 0 radical (unpaired) electrons. The van der Waals surface area contributed by atoms with Crippen LogP contribution in [0.5, 0.6) is 0 Å². The van der Waals surface area contributed by atoms with E-state index in [1.54, 1.807) is 12.1 Å². The molecule has 0 aliphatic heterocycles. The summed E-state index contributed by atoms with van der Waals surface area (Å²) in [6.07, 6.45) is 0. The highest BCUT2D eigenvalue weighted by molar-refractivity contribution is 6.58. The molecule has 0 amide bonds. The summed E-state index contributed by atoms with van der Waals surface area (Å²) in [5.41, 5.74) is 3.62. The Morgan fingerprint density at radius 1 is 0.824 bits per heavy atom. The van der Waals surface area contributed by atoms with Crippen molar-refractivity contribution < 1.29 is 10.0 Å². The molecule has 0 saturated heterocycles. The molecular formula is C13H14BNO2. The van der Waals surface area contributed by atoms with E-state index < -0.39 is 7.12 Å². The lowest BCUT2D eigenvalue weighted by Gasteiger charge is -2.07. The molecule has 2 aromatic rings. The Morgan fingerprint density at radius 3 is 1.76 bits per heavy atom. The van der Waals surface area contributed by atoms with E-state index in [1.165, 1.54) is 5.56 Å². The van der Waals surface area contributed by atoms with Crippen molar-refractivity contribution in [1.29, 1.82) is 0 Å². The first-order valence-corrected chi connectivity index (χ1v) is 5.45. The standard InChI is InChI=1S/C13H14BNO2/c1-10-2-6-12(7-3-10)15-13-8-4-11(5-9-13)14(16)17/h2-9,15-17H,1H3. The first kappa shape index (κ1) is 11.7. The van der Waals surface area contributed by atoms with E-state index in [-0.39, 0.29) is 0 Å². The summed E-state index contributed by atoms with van der Waals surface area (Å²) in [5.74, 6) is 0. The maximum atomic E-state index is 8.97. The Hall–Kier alpha value is -1.78. The molecule has 0 aliphatic rings. The van der Waals surface area contributed by atoms with Gasteiger partial charge in [0.05, 0.1) is 0 Å². The monoisotopic (exact) mass is 227 g/mol. The first-order valence-electron chi connectivity index (χ1n) is 5.45. The number of hydrogen-bond acceptors (Lipinski definition) is 3. The van der Waals surface area contributed by atoms with E-state index in [0.717, 1.165) is 11.4 Å². The van der Waals surface area contributed by atoms with Gasteiger partial charge < -0.3 is 15.4 Å². The van der Waals surface area contributed by atoms with E-state index in [2.05, 4.69) is 5.32 Å². The van der Waals surface area contributed by atoms with Crippen LogP contribution < -0.4 is 10.8 Å². The Bertz CT molecular complexity index is 480. The fourth-order valence-electron chi connectivity index (χ4n) is 1.54. The summed E-state index contributed by atoms with van der Waals surface area (Å²) in [6.45, 7) is 2.04. The molecule has 17 heavy (non-hydrogen) atoms. The van der Waals surface area contributed by atoms with Crippen LogP contribution in [0.15, 0.2) is 48.5 Å². The fourth-order valence-corrected chi connectivity index (χ4v) is 1.54. The summed E-state index contributed by atoms with van der Waals surface area (Å²) in [4.78, 5) is 0. The number of benzene rings is 2. The normalized spacial score (nSPS) is 10.1. The van der Waals surface area contributed by atoms with Crippen LogP contribution in [0.4, 0.5) is 11.4 Å². The molecule has 0 bridgehead atoms. The van der Waals surface area contributed by atoms with Crippen LogP contribution in [-0.4, -0.2) is 17.2 Å². The van der Waals surface area contributed by atoms with Gasteiger partial charge in [0, 0.05) is 11.4 Å². The molecule has 2 rings (SSSR count). The van der Waals surface area contributed by atoms with E-state index in [9.17, 15) is 0 Å². The minimum Gasteiger partial charge on any atom is -0.423 e. The topological polar surface area (TPSA) is 52.5 Å². The van der Waals surface area contributed by atoms with Gasteiger partial charge in [-0.2, -0.15) is 0 Å². The third kappa shape index (κ3) is 3.09. The molecule has 0 unspecified atom stereocenters. The van der Waals surface area contributed by atoms with Gasteiger partial charge in [-0.25, -0.2) is 0 Å². The van der Waals surface area contributed by atoms with Gasteiger partial charge >= 0.3 is 7.12 Å². The van der Waals surface area contributed by atoms with Gasteiger partial charge in [-0.05, 0) is 36.7 Å². The van der Waals surface area contributed by atoms with Crippen molar-refractivity contribution in [2.75, 3.05) is 5.32 Å². The highest BCUT2D eigenvalue weighted by Crippen LogP contribution is 2.15. The summed E-state index contributed by atoms with van der Waals surface area (Å²) in [7, 11) is -1.41. The summed E-state index contributed by atoms with van der Waals surface area (Å²) in [6, 6.07) is 15.1. The maximum Gasteiger partial charge on any atom is 0.488 e. The summed E-state index contributed by atoms with van der Waals surface area (Å²) in [5, 5.41) is 21.2. The van der Waals surface area contributed by atoms with Gasteiger partial charge in [0.25, 0.3) is 0 Å². The molecular weight excluding hydrogens is 213 g/mol. The minimum absolute atomic E-state index is 0.486. The molecule has 0 heterocycles. The zero-order chi connectivity index (χ0) is 12.3. The van der Waals surface area contributed by atoms with E-state index in [0.29, 0.717) is 5.46 Å². The number of rotatable bonds is 3. The molecule has 86 valence electrons. The highest BCUT2D eigenvalue weighted by atomic mass is 16.4. The van der Waals surface area contributed by atoms with Gasteiger partial charge in [-0.15, -0.1) is 0 Å². The molecule has 4 heteroatoms. The Balaban J connectivity index is 2.11. The average molecular weight is 227 g/mol. The summed E-state index contributed by atoms with van der Waals surface area (Å²) < 4.78 is 0. The van der Waals surface area contributed by atoms with Crippen LogP contribution in [-0.2, 0) is 0 Å². The molecule has 0 fully saturated rings. The van der Waals surface area contributed by atoms with Gasteiger partial charge in [-0.1, -0.05) is 29.8 Å². The number of hydrogen-bond donors (Lipinski definition) is 3. The Labute approximate surface area is 101 Å². The SMILES string of the molecule is Cc1ccc(Nc2ccc(B(O)O)cc2)cc1. The Morgan fingerprint density at radius 2 is 1.29 bits per heavy atom. The van der Waals surface area contributed by atoms with Crippen molar-refractivity contribution in [1.82, 2.24) is 0 Å². The van der Waals surface area contributed by atoms with Gasteiger partial charge in [0.2, 0.25) is 0 Å². The first-order chi connectivity index (χ1) is 8.15. The minimum atomic E-state index is -1.41. The molecule has 0 atom stereocenters. The lowest BCUT2D eigenvalue weighted by molar-refractivity contribution is 0.426. The predicted octanol–water partition coefficient (Wildman–Crippen LogP) is 1.42. The van der Waals surface area contributed by atoms with Crippen molar-refractivity contribution in [2.45, 2.75) is 6.92 Å². The second-order valence-electron chi connectivity index (χ2n) is 3.99. The molecule has 0 spiro atoms. The zero-order valence-electron chi connectivity index (χ0n) is 9.59. The fraction of sp³-hybridized carbons (Fsp3) is 0.0769. The Kier molecular flexibility index (Phi) is 3.47. The second kappa shape index (κ2) is 5.04. The van der Waals surface area contributed by atoms with E-state index in [4.69, 9.17) is 10.0 Å². The molecule has 0 saturated carbocycles. The lowest BCUT2D eigenvalue weighted by atomic mass is 9.80. The van der Waals surface area contributed by atoms with Crippen LogP contribution in [0.3, 0.4) is 0 Å². The number of nitrogens with one attached hydrogen (secondary N) is 1. The van der Waals surface area contributed by atoms with Crippen LogP contribution in [0.2, 0.25) is 0 Å². The van der Waals surface area contributed by atoms with Crippen LogP contribution in [0.1, 0.15) is 5.56 Å². The third-order valence-corrected chi connectivity index (χ3v) is 2.55. The summed E-state index contributed by atoms with van der Waals surface area (Å²) >= 11 is 0. The smallest absolute Gasteiger partial charge is 0.423 e. The number of anilines is 2. The third-order valence-electron chi connectivity index (χ3n) is 2.55. The molecule has 0 aliphatic carbocycles. The van der Waals surface area contributed by atoms with Gasteiger partial charge in [-0.3, -0.25) is 0 Å². The van der Waals surface area contributed by atoms with Crippen LogP contribution >= 0.6 is 0 Å².